The number of hydrogen-bond donors (Lipinski definition) is 0. The number of hydrogen-bond acceptors (Lipinski definition) is 6. The van der Waals surface area contributed by atoms with Gasteiger partial charge in [-0.05, 0) is 26.7 Å². The van der Waals surface area contributed by atoms with Crippen LogP contribution in [0.25, 0.3) is 0 Å². The average Bonchev–Trinajstić information content (AvgIpc) is 2.44. The van der Waals surface area contributed by atoms with Crippen molar-refractivity contribution in [3.05, 3.63) is 0 Å². The van der Waals surface area contributed by atoms with E-state index in [0.717, 1.165) is 25.7 Å². The molecule has 0 rings (SSSR count). The normalized spacial score (nSPS) is 12.0. The van der Waals surface area contributed by atoms with E-state index in [-0.39, 0.29) is 6.61 Å². The van der Waals surface area contributed by atoms with Crippen LogP contribution in [0, 0.1) is 0 Å². The van der Waals surface area contributed by atoms with Crippen LogP contribution in [-0.2, 0) is 25.7 Å². The molecular weight excluding hydrogens is 291 g/mol. The Morgan fingerprint density at radius 2 is 1.52 bits per heavy atom. The first-order valence-corrected chi connectivity index (χ1v) is 9.03. The first-order chi connectivity index (χ1) is 10.1. The molecule has 7 heteroatoms. The SMILES string of the molecule is CCCC[O][Al]([O]CCCC)[O]C(C(C)=O)C(=O)OCC. The second-order valence-electron chi connectivity index (χ2n) is 4.62. The second-order valence-corrected chi connectivity index (χ2v) is 6.13. The van der Waals surface area contributed by atoms with Gasteiger partial charge in [-0.3, -0.25) is 4.79 Å². The molecule has 0 aromatic rings. The number of carbonyl (C=O) groups excluding carboxylic acids is 2. The highest BCUT2D eigenvalue weighted by atomic mass is 27.3. The summed E-state index contributed by atoms with van der Waals surface area (Å²) in [6.45, 7) is 8.29. The first kappa shape index (κ1) is 20.6. The van der Waals surface area contributed by atoms with E-state index in [1.807, 2.05) is 0 Å². The maximum atomic E-state index is 11.7. The van der Waals surface area contributed by atoms with Crippen molar-refractivity contribution in [1.29, 1.82) is 0 Å². The van der Waals surface area contributed by atoms with Crippen LogP contribution in [0.15, 0.2) is 0 Å². The maximum absolute atomic E-state index is 11.7. The van der Waals surface area contributed by atoms with E-state index >= 15 is 0 Å². The molecule has 0 aromatic carbocycles. The van der Waals surface area contributed by atoms with Gasteiger partial charge in [-0.2, -0.15) is 0 Å². The minimum atomic E-state index is -2.51. The van der Waals surface area contributed by atoms with Gasteiger partial charge in [-0.1, -0.05) is 26.7 Å². The summed E-state index contributed by atoms with van der Waals surface area (Å²) in [5, 5.41) is 0. The van der Waals surface area contributed by atoms with Crippen molar-refractivity contribution in [3.63, 3.8) is 0 Å². The van der Waals surface area contributed by atoms with E-state index in [0.29, 0.717) is 13.2 Å². The Morgan fingerprint density at radius 3 is 1.90 bits per heavy atom. The van der Waals surface area contributed by atoms with Crippen molar-refractivity contribution in [2.75, 3.05) is 19.8 Å². The van der Waals surface area contributed by atoms with E-state index in [2.05, 4.69) is 13.8 Å². The number of rotatable bonds is 13. The summed E-state index contributed by atoms with van der Waals surface area (Å²) in [7, 11) is 0. The Kier molecular flexibility index (Phi) is 12.9. The molecule has 0 saturated carbocycles. The van der Waals surface area contributed by atoms with Gasteiger partial charge in [0.25, 0.3) is 0 Å². The number of carbonyl (C=O) groups is 2. The Hall–Kier alpha value is -0.448. The van der Waals surface area contributed by atoms with Crippen LogP contribution >= 0.6 is 0 Å². The molecule has 1 atom stereocenters. The third kappa shape index (κ3) is 9.99. The summed E-state index contributed by atoms with van der Waals surface area (Å²) >= 11 is -2.51. The molecular formula is C14H27AlO6. The predicted octanol–water partition coefficient (Wildman–Crippen LogP) is 2.14. The summed E-state index contributed by atoms with van der Waals surface area (Å²) < 4.78 is 21.5. The molecule has 21 heavy (non-hydrogen) atoms. The van der Waals surface area contributed by atoms with Gasteiger partial charge >= 0.3 is 21.1 Å². The average molecular weight is 318 g/mol. The molecule has 0 N–H and O–H groups in total. The molecule has 0 aliphatic rings. The number of Topliss-reactive ketones (excluding diaryl/α,β-unsaturated/α-hetero) is 1. The zero-order valence-corrected chi connectivity index (χ0v) is 14.7. The highest BCUT2D eigenvalue weighted by Gasteiger charge is 2.39. The van der Waals surface area contributed by atoms with Gasteiger partial charge in [0.15, 0.2) is 11.9 Å². The fourth-order valence-corrected chi connectivity index (χ4v) is 2.92. The lowest BCUT2D eigenvalue weighted by Gasteiger charge is -2.18. The molecule has 6 nitrogen and oxygen atoms in total. The lowest BCUT2D eigenvalue weighted by atomic mass is 10.3. The zero-order valence-electron chi connectivity index (χ0n) is 13.6. The monoisotopic (exact) mass is 318 g/mol. The smallest absolute Gasteiger partial charge is 0.464 e. The number of ketones is 1. The Bertz CT molecular complexity index is 287. The van der Waals surface area contributed by atoms with Crippen LogP contribution in [0.1, 0.15) is 53.4 Å². The molecule has 0 aliphatic heterocycles. The van der Waals surface area contributed by atoms with Gasteiger partial charge in [-0.15, -0.1) is 0 Å². The lowest BCUT2D eigenvalue weighted by Crippen LogP contribution is -2.41. The highest BCUT2D eigenvalue weighted by molar-refractivity contribution is 6.37. The van der Waals surface area contributed by atoms with Gasteiger partial charge in [0.2, 0.25) is 0 Å². The molecule has 0 amide bonds. The fourth-order valence-electron chi connectivity index (χ4n) is 1.42. The zero-order chi connectivity index (χ0) is 16.1. The molecule has 0 fully saturated rings. The van der Waals surface area contributed by atoms with Gasteiger partial charge in [0, 0.05) is 13.2 Å². The van der Waals surface area contributed by atoms with Crippen molar-refractivity contribution in [2.45, 2.75) is 59.5 Å². The van der Waals surface area contributed by atoms with Crippen LogP contribution in [-0.4, -0.2) is 52.8 Å². The standard InChI is InChI=1S/C6H9O4.2C4H9O.Al/c1-3-10-6(9)5(8)4(2)7;2*1-2-3-4-5;/h5H,3H2,1-2H3;2*2-4H2,1H3;/q3*-1;+3. The van der Waals surface area contributed by atoms with Crippen molar-refractivity contribution in [3.8, 4) is 0 Å². The quantitative estimate of drug-likeness (QED) is 0.224. The molecule has 0 saturated heterocycles. The molecule has 0 bridgehead atoms. The third-order valence-corrected chi connectivity index (χ3v) is 4.13. The van der Waals surface area contributed by atoms with Crippen molar-refractivity contribution in [2.24, 2.45) is 0 Å². The molecule has 0 aromatic heterocycles. The summed E-state index contributed by atoms with van der Waals surface area (Å²) in [5.74, 6) is -1.08. The number of esters is 1. The summed E-state index contributed by atoms with van der Waals surface area (Å²) in [5.41, 5.74) is 0. The van der Waals surface area contributed by atoms with E-state index in [4.69, 9.17) is 16.1 Å². The van der Waals surface area contributed by atoms with E-state index in [1.54, 1.807) is 6.92 Å². The van der Waals surface area contributed by atoms with Crippen LogP contribution < -0.4 is 0 Å². The third-order valence-electron chi connectivity index (χ3n) is 2.62. The minimum absolute atomic E-state index is 0.200. The molecule has 0 radical (unpaired) electrons. The van der Waals surface area contributed by atoms with Crippen LogP contribution in [0.2, 0.25) is 0 Å². The summed E-state index contributed by atoms with van der Waals surface area (Å²) in [4.78, 5) is 23.3. The summed E-state index contributed by atoms with van der Waals surface area (Å²) in [6, 6.07) is 0. The van der Waals surface area contributed by atoms with Crippen molar-refractivity contribution >= 4 is 26.9 Å². The Balaban J connectivity index is 4.53. The molecule has 0 aliphatic carbocycles. The number of unbranched alkanes of at least 4 members (excludes halogenated alkanes) is 2. The fraction of sp³-hybridized carbons (Fsp3) is 0.857. The topological polar surface area (TPSA) is 71.1 Å². The summed E-state index contributed by atoms with van der Waals surface area (Å²) in [6.07, 6.45) is 2.50. The minimum Gasteiger partial charge on any atom is -0.464 e. The predicted molar refractivity (Wildman–Crippen MR) is 79.7 cm³/mol. The van der Waals surface area contributed by atoms with E-state index in [1.165, 1.54) is 6.92 Å². The lowest BCUT2D eigenvalue weighted by molar-refractivity contribution is -0.157. The Morgan fingerprint density at radius 1 is 1.00 bits per heavy atom. The Labute approximate surface area is 132 Å². The number of ether oxygens (including phenoxy) is 1. The van der Waals surface area contributed by atoms with E-state index in [9.17, 15) is 9.59 Å². The van der Waals surface area contributed by atoms with Crippen molar-refractivity contribution < 1.29 is 25.7 Å². The van der Waals surface area contributed by atoms with Gasteiger partial charge in [0.05, 0.1) is 6.61 Å². The van der Waals surface area contributed by atoms with Crippen molar-refractivity contribution in [1.82, 2.24) is 0 Å². The molecule has 122 valence electrons. The molecule has 1 unspecified atom stereocenters. The highest BCUT2D eigenvalue weighted by Crippen LogP contribution is 2.06. The van der Waals surface area contributed by atoms with Gasteiger partial charge in [-0.25, -0.2) is 4.79 Å². The first-order valence-electron chi connectivity index (χ1n) is 7.62. The van der Waals surface area contributed by atoms with Gasteiger partial charge < -0.3 is 16.1 Å². The van der Waals surface area contributed by atoms with Crippen LogP contribution in [0.3, 0.4) is 0 Å². The van der Waals surface area contributed by atoms with Crippen LogP contribution in [0.4, 0.5) is 0 Å². The molecule has 0 heterocycles. The maximum Gasteiger partial charge on any atom is 0.906 e. The van der Waals surface area contributed by atoms with Gasteiger partial charge in [0.1, 0.15) is 0 Å². The van der Waals surface area contributed by atoms with Crippen LogP contribution in [0.5, 0.6) is 0 Å². The largest absolute Gasteiger partial charge is 0.906 e. The second kappa shape index (κ2) is 13.2. The van der Waals surface area contributed by atoms with E-state index < -0.39 is 33.0 Å². The molecule has 0 spiro atoms.